The smallest absolute Gasteiger partial charge is 0.270 e. The van der Waals surface area contributed by atoms with Crippen molar-refractivity contribution in [3.63, 3.8) is 0 Å². The van der Waals surface area contributed by atoms with E-state index in [0.717, 1.165) is 0 Å². The van der Waals surface area contributed by atoms with Crippen molar-refractivity contribution in [3.05, 3.63) is 62.9 Å². The maximum Gasteiger partial charge on any atom is 0.270 e. The number of phenolic OH excluding ortho intramolecular Hbond substituents is 1. The van der Waals surface area contributed by atoms with Crippen molar-refractivity contribution in [2.75, 3.05) is 0 Å². The van der Waals surface area contributed by atoms with Crippen molar-refractivity contribution in [2.45, 2.75) is 0 Å². The van der Waals surface area contributed by atoms with E-state index < -0.39 is 10.5 Å². The monoisotopic (exact) mass is 510 g/mol. The van der Waals surface area contributed by atoms with Crippen LogP contribution in [0.4, 0.5) is 5.69 Å². The molecule has 0 spiro atoms. The molecule has 22 heavy (non-hydrogen) atoms. The molecule has 107 valence electrons. The third-order valence-electron chi connectivity index (χ3n) is 3.02. The summed E-state index contributed by atoms with van der Waals surface area (Å²) < 4.78 is 0. The Morgan fingerprint density at radius 3 is 2.68 bits per heavy atom. The van der Waals surface area contributed by atoms with Gasteiger partial charge in [-0.15, -0.1) is 0 Å². The maximum atomic E-state index is 12.0. The second-order valence-corrected chi connectivity index (χ2v) is 4.42. The largest absolute Gasteiger partial charge is 0.508 e. The first-order valence-corrected chi connectivity index (χ1v) is 6.02. The number of aromatic nitrogens is 2. The van der Waals surface area contributed by atoms with Crippen LogP contribution in [0.2, 0.25) is 0 Å². The Morgan fingerprint density at radius 2 is 1.95 bits per heavy atom. The van der Waals surface area contributed by atoms with Crippen molar-refractivity contribution in [1.82, 2.24) is 9.97 Å². The Hall–Kier alpha value is -1.78. The van der Waals surface area contributed by atoms with E-state index in [1.165, 1.54) is 36.4 Å². The Morgan fingerprint density at radius 1 is 1.18 bits per heavy atom. The molecule has 2 aromatic carbocycles. The summed E-state index contributed by atoms with van der Waals surface area (Å²) in [4.78, 5) is 29.1. The number of non-ortho nitro benzene ring substituents is 1. The van der Waals surface area contributed by atoms with E-state index in [4.69, 9.17) is 0 Å². The first kappa shape index (κ1) is 16.6. The second kappa shape index (κ2) is 6.55. The van der Waals surface area contributed by atoms with Crippen LogP contribution in [-0.4, -0.2) is 20.0 Å². The molecule has 0 bridgehead atoms. The van der Waals surface area contributed by atoms with Crippen molar-refractivity contribution in [3.8, 4) is 17.1 Å². The fourth-order valence-corrected chi connectivity index (χ4v) is 2.03. The molecule has 7 nitrogen and oxygen atoms in total. The van der Waals surface area contributed by atoms with E-state index in [1.807, 2.05) is 0 Å². The molecule has 0 saturated carbocycles. The first-order chi connectivity index (χ1) is 10.0. The van der Waals surface area contributed by atoms with Gasteiger partial charge >= 0.3 is 0 Å². The molecule has 1 heterocycles. The van der Waals surface area contributed by atoms with Gasteiger partial charge in [-0.1, -0.05) is 12.1 Å². The van der Waals surface area contributed by atoms with Crippen LogP contribution in [0.3, 0.4) is 0 Å². The van der Waals surface area contributed by atoms with Gasteiger partial charge in [0.25, 0.3) is 11.2 Å². The Labute approximate surface area is 159 Å². The van der Waals surface area contributed by atoms with Gasteiger partial charge in [-0.2, -0.15) is 0 Å². The Bertz CT molecular complexity index is 923. The minimum atomic E-state index is -0.513. The molecular formula is C14H9AcN3O4. The topological polar surface area (TPSA) is 109 Å². The van der Waals surface area contributed by atoms with E-state index in [-0.39, 0.29) is 66.7 Å². The fraction of sp³-hybridized carbons (Fsp3) is 0. The predicted octanol–water partition coefficient (Wildman–Crippen LogP) is 2.20. The molecule has 1 radical (unpaired) electrons. The van der Waals surface area contributed by atoms with E-state index in [2.05, 4.69) is 9.97 Å². The number of benzene rings is 2. The van der Waals surface area contributed by atoms with Gasteiger partial charge in [0, 0.05) is 61.8 Å². The number of phenols is 1. The molecule has 0 fully saturated rings. The van der Waals surface area contributed by atoms with Gasteiger partial charge in [0.2, 0.25) is 0 Å². The zero-order valence-corrected chi connectivity index (χ0v) is 15.9. The van der Waals surface area contributed by atoms with Crippen molar-refractivity contribution >= 4 is 16.6 Å². The summed E-state index contributed by atoms with van der Waals surface area (Å²) in [6.07, 6.45) is 0. The van der Waals surface area contributed by atoms with Crippen molar-refractivity contribution in [2.24, 2.45) is 0 Å². The number of nitro benzene ring substituents is 1. The summed E-state index contributed by atoms with van der Waals surface area (Å²) in [6.45, 7) is 0. The molecule has 3 aromatic rings. The zero-order valence-electron chi connectivity index (χ0n) is 11.2. The number of nitrogens with zero attached hydrogens (tertiary/aromatic N) is 2. The number of hydrogen-bond acceptors (Lipinski definition) is 5. The van der Waals surface area contributed by atoms with Crippen LogP contribution in [0.5, 0.6) is 5.75 Å². The van der Waals surface area contributed by atoms with Crippen LogP contribution in [0.25, 0.3) is 22.3 Å². The van der Waals surface area contributed by atoms with Crippen LogP contribution in [-0.2, 0) is 0 Å². The first-order valence-electron chi connectivity index (χ1n) is 6.02. The predicted molar refractivity (Wildman–Crippen MR) is 76.1 cm³/mol. The van der Waals surface area contributed by atoms with Crippen LogP contribution in [0.1, 0.15) is 0 Å². The summed E-state index contributed by atoms with van der Waals surface area (Å²) in [7, 11) is 0. The SMILES string of the molecule is O=c1[nH]c(-c2cccc([N+](=O)[O-])c2)nc2ccc(O)cc12.[Ac]. The van der Waals surface area contributed by atoms with Gasteiger partial charge in [-0.3, -0.25) is 14.9 Å². The standard InChI is InChI=1S/C14H9N3O4.Ac/c18-10-4-5-12-11(7-10)14(19)16-13(15-12)8-2-1-3-9(6-8)17(20)21;/h1-7,18H,(H,15,16,19);. The minimum Gasteiger partial charge on any atom is -0.508 e. The van der Waals surface area contributed by atoms with Gasteiger partial charge in [0.1, 0.15) is 11.6 Å². The van der Waals surface area contributed by atoms with Gasteiger partial charge in [-0.25, -0.2) is 4.98 Å². The third-order valence-corrected chi connectivity index (χ3v) is 3.02. The van der Waals surface area contributed by atoms with Crippen LogP contribution in [0.15, 0.2) is 47.3 Å². The quantitative estimate of drug-likeness (QED) is 0.406. The van der Waals surface area contributed by atoms with Crippen molar-refractivity contribution in [1.29, 1.82) is 0 Å². The molecule has 0 aliphatic carbocycles. The van der Waals surface area contributed by atoms with Gasteiger partial charge in [-0.05, 0) is 18.2 Å². The number of aromatic amines is 1. The molecule has 0 aliphatic rings. The molecule has 0 unspecified atom stereocenters. The molecule has 1 aromatic heterocycles. The maximum absolute atomic E-state index is 12.0. The molecule has 0 atom stereocenters. The van der Waals surface area contributed by atoms with Crippen molar-refractivity contribution < 1.29 is 54.1 Å². The summed E-state index contributed by atoms with van der Waals surface area (Å²) in [5.74, 6) is 0.208. The third kappa shape index (κ3) is 3.18. The molecule has 0 amide bonds. The molecule has 0 aliphatic heterocycles. The summed E-state index contributed by atoms with van der Waals surface area (Å²) in [5, 5.41) is 20.4. The second-order valence-electron chi connectivity index (χ2n) is 4.42. The number of fused-ring (bicyclic) bond motifs is 1. The van der Waals surface area contributed by atoms with Gasteiger partial charge in [0.05, 0.1) is 15.8 Å². The number of aromatic hydroxyl groups is 1. The summed E-state index contributed by atoms with van der Waals surface area (Å²) >= 11 is 0. The van der Waals surface area contributed by atoms with Gasteiger partial charge in [0.15, 0.2) is 0 Å². The number of nitro groups is 1. The molecule has 2 N–H and O–H groups in total. The zero-order chi connectivity index (χ0) is 15.0. The summed E-state index contributed by atoms with van der Waals surface area (Å²) in [6, 6.07) is 10.1. The number of H-pyrrole nitrogens is 1. The Balaban J connectivity index is 0.00000176. The molecule has 8 heteroatoms. The molecular weight excluding hydrogens is 501 g/mol. The van der Waals surface area contributed by atoms with Crippen LogP contribution in [0, 0.1) is 54.2 Å². The normalized spacial score (nSPS) is 10.2. The Kier molecular flexibility index (Phi) is 4.94. The fourth-order valence-electron chi connectivity index (χ4n) is 2.03. The molecule has 0 saturated heterocycles. The van der Waals surface area contributed by atoms with E-state index in [1.54, 1.807) is 6.07 Å². The van der Waals surface area contributed by atoms with Crippen LogP contribution >= 0.6 is 0 Å². The number of hydrogen-bond donors (Lipinski definition) is 2. The van der Waals surface area contributed by atoms with Gasteiger partial charge < -0.3 is 10.1 Å². The van der Waals surface area contributed by atoms with Crippen LogP contribution < -0.4 is 5.56 Å². The van der Waals surface area contributed by atoms with E-state index >= 15 is 0 Å². The van der Waals surface area contributed by atoms with E-state index in [9.17, 15) is 20.0 Å². The average molecular weight is 510 g/mol. The number of rotatable bonds is 2. The van der Waals surface area contributed by atoms with E-state index in [0.29, 0.717) is 11.1 Å². The number of nitrogens with one attached hydrogen (secondary N) is 1. The minimum absolute atomic E-state index is 0. The summed E-state index contributed by atoms with van der Waals surface area (Å²) in [5.41, 5.74) is 0.340. The molecule has 3 rings (SSSR count). The average Bonchev–Trinajstić information content (AvgIpc) is 2.48.